The molecular weight excluding hydrogens is 231 g/mol. The molecule has 0 spiro atoms. The van der Waals surface area contributed by atoms with Crippen molar-refractivity contribution in [2.45, 2.75) is 31.4 Å². The summed E-state index contributed by atoms with van der Waals surface area (Å²) in [5.41, 5.74) is 5.78. The van der Waals surface area contributed by atoms with Crippen molar-refractivity contribution in [1.82, 2.24) is 0 Å². The maximum absolute atomic E-state index is 13.5. The first-order chi connectivity index (χ1) is 8.09. The highest BCUT2D eigenvalue weighted by Crippen LogP contribution is 2.26. The molecule has 0 amide bonds. The molecule has 0 radical (unpaired) electrons. The average molecular weight is 245 g/mol. The highest BCUT2D eigenvalue weighted by atomic mass is 19.2. The Morgan fingerprint density at radius 1 is 1.29 bits per heavy atom. The predicted molar refractivity (Wildman–Crippen MR) is 56.8 cm³/mol. The highest BCUT2D eigenvalue weighted by molar-refractivity contribution is 5.23. The van der Waals surface area contributed by atoms with Crippen molar-refractivity contribution in [3.63, 3.8) is 0 Å². The number of hydrogen-bond donors (Lipinski definition) is 1. The van der Waals surface area contributed by atoms with Crippen LogP contribution in [0.15, 0.2) is 12.1 Å². The van der Waals surface area contributed by atoms with Gasteiger partial charge in [0.25, 0.3) is 0 Å². The Morgan fingerprint density at radius 2 is 2.06 bits per heavy atom. The molecule has 1 aliphatic heterocycles. The van der Waals surface area contributed by atoms with Crippen molar-refractivity contribution < 1.29 is 17.9 Å². The third-order valence-corrected chi connectivity index (χ3v) is 3.01. The summed E-state index contributed by atoms with van der Waals surface area (Å²) >= 11 is 0. The quantitative estimate of drug-likeness (QED) is 0.831. The lowest BCUT2D eigenvalue weighted by Crippen LogP contribution is -2.20. The second-order valence-electron chi connectivity index (χ2n) is 4.24. The van der Waals surface area contributed by atoms with Crippen molar-refractivity contribution in [2.75, 3.05) is 6.61 Å². The lowest BCUT2D eigenvalue weighted by atomic mass is 9.99. The van der Waals surface area contributed by atoms with E-state index in [0.717, 1.165) is 18.9 Å². The summed E-state index contributed by atoms with van der Waals surface area (Å²) < 4.78 is 44.6. The Balaban J connectivity index is 2.13. The van der Waals surface area contributed by atoms with E-state index < -0.39 is 23.5 Å². The van der Waals surface area contributed by atoms with E-state index in [9.17, 15) is 13.2 Å². The molecule has 2 nitrogen and oxygen atoms in total. The second-order valence-corrected chi connectivity index (χ2v) is 4.24. The minimum Gasteiger partial charge on any atom is -0.378 e. The summed E-state index contributed by atoms with van der Waals surface area (Å²) in [4.78, 5) is 0. The van der Waals surface area contributed by atoms with Gasteiger partial charge < -0.3 is 10.5 Å². The number of rotatable bonds is 3. The van der Waals surface area contributed by atoms with E-state index in [1.807, 2.05) is 0 Å². The summed E-state index contributed by atoms with van der Waals surface area (Å²) in [6, 6.07) is 1.41. The van der Waals surface area contributed by atoms with Crippen LogP contribution in [-0.2, 0) is 4.74 Å². The molecule has 0 bridgehead atoms. The van der Waals surface area contributed by atoms with E-state index >= 15 is 0 Å². The van der Waals surface area contributed by atoms with Gasteiger partial charge in [0.15, 0.2) is 17.5 Å². The van der Waals surface area contributed by atoms with E-state index in [4.69, 9.17) is 10.5 Å². The van der Waals surface area contributed by atoms with Crippen molar-refractivity contribution in [3.8, 4) is 0 Å². The molecule has 0 aromatic heterocycles. The Hall–Kier alpha value is -1.07. The lowest BCUT2D eigenvalue weighted by Gasteiger charge is -2.17. The topological polar surface area (TPSA) is 35.2 Å². The molecule has 1 heterocycles. The van der Waals surface area contributed by atoms with Gasteiger partial charge in [-0.15, -0.1) is 0 Å². The third kappa shape index (κ3) is 2.61. The summed E-state index contributed by atoms with van der Waals surface area (Å²) in [6.07, 6.45) is 2.23. The molecular formula is C12H14F3NO. The average Bonchev–Trinajstić information content (AvgIpc) is 2.78. The Morgan fingerprint density at radius 3 is 2.71 bits per heavy atom. The molecule has 1 fully saturated rings. The molecule has 2 unspecified atom stereocenters. The lowest BCUT2D eigenvalue weighted by molar-refractivity contribution is 0.0979. The minimum atomic E-state index is -1.47. The van der Waals surface area contributed by atoms with Gasteiger partial charge in [0.05, 0.1) is 6.10 Å². The molecule has 1 saturated heterocycles. The first-order valence-electron chi connectivity index (χ1n) is 5.60. The number of halogens is 3. The first kappa shape index (κ1) is 12.4. The third-order valence-electron chi connectivity index (χ3n) is 3.01. The SMILES string of the molecule is NC(CC1CCCO1)c1ccc(F)c(F)c1F. The van der Waals surface area contributed by atoms with Gasteiger partial charge in [-0.05, 0) is 25.3 Å². The van der Waals surface area contributed by atoms with Crippen molar-refractivity contribution in [1.29, 1.82) is 0 Å². The monoisotopic (exact) mass is 245 g/mol. The summed E-state index contributed by atoms with van der Waals surface area (Å²) in [6.45, 7) is 0.678. The van der Waals surface area contributed by atoms with Gasteiger partial charge >= 0.3 is 0 Å². The molecule has 2 N–H and O–H groups in total. The van der Waals surface area contributed by atoms with Crippen LogP contribution in [-0.4, -0.2) is 12.7 Å². The number of hydrogen-bond acceptors (Lipinski definition) is 2. The fourth-order valence-corrected chi connectivity index (χ4v) is 2.07. The molecule has 2 atom stereocenters. The van der Waals surface area contributed by atoms with Crippen molar-refractivity contribution in [2.24, 2.45) is 5.73 Å². The van der Waals surface area contributed by atoms with Gasteiger partial charge in [-0.2, -0.15) is 0 Å². The minimum absolute atomic E-state index is 0.000556. The molecule has 5 heteroatoms. The zero-order valence-electron chi connectivity index (χ0n) is 9.26. The smallest absolute Gasteiger partial charge is 0.194 e. The predicted octanol–water partition coefficient (Wildman–Crippen LogP) is 2.67. The van der Waals surface area contributed by atoms with E-state index in [1.54, 1.807) is 0 Å². The van der Waals surface area contributed by atoms with Gasteiger partial charge in [-0.25, -0.2) is 13.2 Å². The molecule has 1 aliphatic rings. The largest absolute Gasteiger partial charge is 0.378 e. The fraction of sp³-hybridized carbons (Fsp3) is 0.500. The van der Waals surface area contributed by atoms with Crippen LogP contribution < -0.4 is 5.73 Å². The van der Waals surface area contributed by atoms with Gasteiger partial charge in [0.1, 0.15) is 0 Å². The van der Waals surface area contributed by atoms with Gasteiger partial charge in [-0.1, -0.05) is 6.07 Å². The van der Waals surface area contributed by atoms with Crippen molar-refractivity contribution >= 4 is 0 Å². The van der Waals surface area contributed by atoms with Crippen LogP contribution in [0.4, 0.5) is 13.2 Å². The maximum Gasteiger partial charge on any atom is 0.194 e. The van der Waals surface area contributed by atoms with Gasteiger partial charge in [0, 0.05) is 18.2 Å². The molecule has 1 aromatic rings. The normalized spacial score (nSPS) is 21.8. The van der Waals surface area contributed by atoms with Crippen LogP contribution >= 0.6 is 0 Å². The van der Waals surface area contributed by atoms with Crippen LogP contribution in [0.5, 0.6) is 0 Å². The van der Waals surface area contributed by atoms with Crippen molar-refractivity contribution in [3.05, 3.63) is 35.1 Å². The van der Waals surface area contributed by atoms with Crippen LogP contribution in [0.25, 0.3) is 0 Å². The van der Waals surface area contributed by atoms with Gasteiger partial charge in [0.2, 0.25) is 0 Å². The Bertz CT molecular complexity index is 405. The van der Waals surface area contributed by atoms with Crippen LogP contribution in [0.2, 0.25) is 0 Å². The van der Waals surface area contributed by atoms with E-state index in [0.29, 0.717) is 13.0 Å². The van der Waals surface area contributed by atoms with E-state index in [1.165, 1.54) is 6.07 Å². The number of nitrogens with two attached hydrogens (primary N) is 1. The Kier molecular flexibility index (Phi) is 3.69. The summed E-state index contributed by atoms with van der Waals surface area (Å²) in [5, 5.41) is 0. The highest BCUT2D eigenvalue weighted by Gasteiger charge is 2.23. The molecule has 0 saturated carbocycles. The summed E-state index contributed by atoms with van der Waals surface area (Å²) in [5.74, 6) is -3.86. The summed E-state index contributed by atoms with van der Waals surface area (Å²) in [7, 11) is 0. The van der Waals surface area contributed by atoms with E-state index in [-0.39, 0.29) is 11.7 Å². The van der Waals surface area contributed by atoms with Crippen LogP contribution in [0, 0.1) is 17.5 Å². The standard InChI is InChI=1S/C12H14F3NO/c13-9-4-3-8(11(14)12(9)15)10(16)6-7-2-1-5-17-7/h3-4,7,10H,1-2,5-6,16H2. The number of ether oxygens (including phenoxy) is 1. The maximum atomic E-state index is 13.5. The molecule has 2 rings (SSSR count). The molecule has 17 heavy (non-hydrogen) atoms. The second kappa shape index (κ2) is 5.06. The zero-order valence-corrected chi connectivity index (χ0v) is 9.26. The van der Waals surface area contributed by atoms with Gasteiger partial charge in [-0.3, -0.25) is 0 Å². The molecule has 1 aromatic carbocycles. The zero-order chi connectivity index (χ0) is 12.4. The fourth-order valence-electron chi connectivity index (χ4n) is 2.07. The first-order valence-corrected chi connectivity index (χ1v) is 5.60. The van der Waals surface area contributed by atoms with E-state index in [2.05, 4.69) is 0 Å². The van der Waals surface area contributed by atoms with Crippen LogP contribution in [0.3, 0.4) is 0 Å². The molecule has 0 aliphatic carbocycles. The van der Waals surface area contributed by atoms with Crippen LogP contribution in [0.1, 0.15) is 30.9 Å². The Labute approximate surface area is 97.6 Å². The number of benzene rings is 1. The molecule has 94 valence electrons.